The molecular weight excluding hydrogens is 282 g/mol. The van der Waals surface area contributed by atoms with Gasteiger partial charge in [-0.1, -0.05) is 20.8 Å². The molecule has 1 aromatic rings. The minimum atomic E-state index is -3.82. The smallest absolute Gasteiger partial charge is 0.258 e. The summed E-state index contributed by atoms with van der Waals surface area (Å²) in [6, 6.07) is 4.61. The fourth-order valence-electron chi connectivity index (χ4n) is 1.10. The highest BCUT2D eigenvalue weighted by atomic mass is 32.2. The number of hydrogen-bond acceptors (Lipinski definition) is 5. The standard InChI is InChI=1S/C12H17N3O4S/c1-9(12(2,3)4)13-14-20(18,19)11-7-5-10(6-8-11)15(16)17/h5-8,14H,1-4H3/b13-9-. The van der Waals surface area contributed by atoms with Crippen LogP contribution in [-0.4, -0.2) is 19.1 Å². The first-order valence-corrected chi connectivity index (χ1v) is 7.33. The largest absolute Gasteiger partial charge is 0.276 e. The van der Waals surface area contributed by atoms with Crippen molar-refractivity contribution in [2.45, 2.75) is 32.6 Å². The summed E-state index contributed by atoms with van der Waals surface area (Å²) in [7, 11) is -3.82. The van der Waals surface area contributed by atoms with Crippen molar-refractivity contribution in [1.82, 2.24) is 4.83 Å². The van der Waals surface area contributed by atoms with Crippen molar-refractivity contribution in [2.24, 2.45) is 10.5 Å². The van der Waals surface area contributed by atoms with Crippen molar-refractivity contribution in [3.05, 3.63) is 34.4 Å². The molecule has 20 heavy (non-hydrogen) atoms. The van der Waals surface area contributed by atoms with Gasteiger partial charge in [0.2, 0.25) is 0 Å². The van der Waals surface area contributed by atoms with E-state index in [4.69, 9.17) is 0 Å². The number of nitro groups is 1. The van der Waals surface area contributed by atoms with Crippen LogP contribution in [0.2, 0.25) is 0 Å². The zero-order valence-electron chi connectivity index (χ0n) is 11.7. The highest BCUT2D eigenvalue weighted by Gasteiger charge is 2.18. The number of rotatable bonds is 4. The summed E-state index contributed by atoms with van der Waals surface area (Å²) < 4.78 is 23.9. The maximum Gasteiger partial charge on any atom is 0.276 e. The van der Waals surface area contributed by atoms with Crippen molar-refractivity contribution in [1.29, 1.82) is 0 Å². The summed E-state index contributed by atoms with van der Waals surface area (Å²) in [4.78, 5) is 12.0. The molecule has 1 rings (SSSR count). The monoisotopic (exact) mass is 299 g/mol. The molecular formula is C12H17N3O4S. The zero-order valence-corrected chi connectivity index (χ0v) is 12.6. The molecule has 0 saturated carbocycles. The number of hydrazone groups is 1. The Morgan fingerprint density at radius 2 is 1.75 bits per heavy atom. The number of benzene rings is 1. The van der Waals surface area contributed by atoms with Crippen LogP contribution in [0.1, 0.15) is 27.7 Å². The second-order valence-electron chi connectivity index (χ2n) is 5.29. The second-order valence-corrected chi connectivity index (χ2v) is 6.95. The molecule has 0 heterocycles. The lowest BCUT2D eigenvalue weighted by atomic mass is 9.91. The summed E-state index contributed by atoms with van der Waals surface area (Å²) >= 11 is 0. The number of sulfonamides is 1. The molecule has 0 aromatic heterocycles. The minimum absolute atomic E-state index is 0.0754. The number of nitro benzene ring substituents is 1. The molecule has 0 aliphatic rings. The van der Waals surface area contributed by atoms with E-state index in [2.05, 4.69) is 9.93 Å². The van der Waals surface area contributed by atoms with Crippen LogP contribution in [0.4, 0.5) is 5.69 Å². The molecule has 110 valence electrons. The van der Waals surface area contributed by atoms with Gasteiger partial charge in [0, 0.05) is 23.3 Å². The lowest BCUT2D eigenvalue weighted by molar-refractivity contribution is -0.384. The van der Waals surface area contributed by atoms with Gasteiger partial charge in [0.15, 0.2) is 0 Å². The van der Waals surface area contributed by atoms with Gasteiger partial charge in [0.25, 0.3) is 15.7 Å². The molecule has 0 fully saturated rings. The van der Waals surface area contributed by atoms with Crippen LogP contribution >= 0.6 is 0 Å². The Hall–Kier alpha value is -1.96. The van der Waals surface area contributed by atoms with Gasteiger partial charge >= 0.3 is 0 Å². The highest BCUT2D eigenvalue weighted by Crippen LogP contribution is 2.17. The lowest BCUT2D eigenvalue weighted by Gasteiger charge is -2.17. The molecule has 0 amide bonds. The molecule has 7 nitrogen and oxygen atoms in total. The van der Waals surface area contributed by atoms with Crippen molar-refractivity contribution in [2.75, 3.05) is 0 Å². The molecule has 1 aromatic carbocycles. The van der Waals surface area contributed by atoms with Gasteiger partial charge in [-0.15, -0.1) is 0 Å². The molecule has 0 unspecified atom stereocenters. The Bertz CT molecular complexity index is 628. The van der Waals surface area contributed by atoms with E-state index in [0.717, 1.165) is 12.1 Å². The van der Waals surface area contributed by atoms with E-state index < -0.39 is 14.9 Å². The molecule has 8 heteroatoms. The van der Waals surface area contributed by atoms with Gasteiger partial charge in [-0.05, 0) is 19.1 Å². The van der Waals surface area contributed by atoms with Crippen molar-refractivity contribution < 1.29 is 13.3 Å². The first kappa shape index (κ1) is 16.1. The van der Waals surface area contributed by atoms with Crippen LogP contribution in [0.5, 0.6) is 0 Å². The Morgan fingerprint density at radius 3 is 2.15 bits per heavy atom. The van der Waals surface area contributed by atoms with Crippen LogP contribution in [0.3, 0.4) is 0 Å². The lowest BCUT2D eigenvalue weighted by Crippen LogP contribution is -2.24. The first-order valence-electron chi connectivity index (χ1n) is 5.85. The fourth-order valence-corrected chi connectivity index (χ4v) is 1.95. The van der Waals surface area contributed by atoms with Crippen molar-refractivity contribution in [3.8, 4) is 0 Å². The number of nitrogens with one attached hydrogen (secondary N) is 1. The van der Waals surface area contributed by atoms with Crippen LogP contribution in [0.15, 0.2) is 34.3 Å². The van der Waals surface area contributed by atoms with Crippen LogP contribution in [0.25, 0.3) is 0 Å². The van der Waals surface area contributed by atoms with Crippen LogP contribution in [0, 0.1) is 15.5 Å². The second kappa shape index (κ2) is 5.58. The highest BCUT2D eigenvalue weighted by molar-refractivity contribution is 7.89. The zero-order chi connectivity index (χ0) is 15.6. The predicted octanol–water partition coefficient (Wildman–Crippen LogP) is 2.30. The van der Waals surface area contributed by atoms with Gasteiger partial charge in [0.1, 0.15) is 0 Å². The van der Waals surface area contributed by atoms with Gasteiger partial charge in [-0.25, -0.2) is 4.83 Å². The maximum absolute atomic E-state index is 12.0. The molecule has 0 aliphatic heterocycles. The average molecular weight is 299 g/mol. The number of non-ortho nitro benzene ring substituents is 1. The van der Waals surface area contributed by atoms with E-state index >= 15 is 0 Å². The molecule has 0 bridgehead atoms. The Kier molecular flexibility index (Phi) is 4.49. The third-order valence-corrected chi connectivity index (χ3v) is 4.00. The molecule has 0 radical (unpaired) electrons. The Balaban J connectivity index is 2.98. The maximum atomic E-state index is 12.0. The first-order chi connectivity index (χ1) is 9.04. The van der Waals surface area contributed by atoms with Crippen LogP contribution < -0.4 is 4.83 Å². The Labute approximate surface area is 117 Å². The summed E-state index contributed by atoms with van der Waals surface area (Å²) in [5, 5.41) is 14.4. The topological polar surface area (TPSA) is 102 Å². The predicted molar refractivity (Wildman–Crippen MR) is 76.0 cm³/mol. The van der Waals surface area contributed by atoms with E-state index in [1.807, 2.05) is 20.8 Å². The minimum Gasteiger partial charge on any atom is -0.258 e. The summed E-state index contributed by atoms with van der Waals surface area (Å²) in [5.74, 6) is 0. The van der Waals surface area contributed by atoms with Crippen LogP contribution in [-0.2, 0) is 10.0 Å². The van der Waals surface area contributed by atoms with E-state index in [0.29, 0.717) is 5.71 Å². The summed E-state index contributed by atoms with van der Waals surface area (Å²) in [5.41, 5.74) is 0.208. The van der Waals surface area contributed by atoms with Crippen molar-refractivity contribution in [3.63, 3.8) is 0 Å². The SMILES string of the molecule is C/C(=N/NS(=O)(=O)c1ccc([N+](=O)[O-])cc1)C(C)(C)C. The van der Waals surface area contributed by atoms with E-state index in [1.54, 1.807) is 6.92 Å². The number of nitrogens with zero attached hydrogens (tertiary/aromatic N) is 2. The third-order valence-electron chi connectivity index (χ3n) is 2.78. The normalized spacial score (nSPS) is 13.1. The van der Waals surface area contributed by atoms with E-state index in [1.165, 1.54) is 12.1 Å². The molecule has 0 saturated heterocycles. The quantitative estimate of drug-likeness (QED) is 0.523. The molecule has 1 N–H and O–H groups in total. The van der Waals surface area contributed by atoms with E-state index in [-0.39, 0.29) is 16.0 Å². The molecule has 0 aliphatic carbocycles. The summed E-state index contributed by atoms with van der Waals surface area (Å²) in [6.07, 6.45) is 0. The molecule has 0 spiro atoms. The Morgan fingerprint density at radius 1 is 1.25 bits per heavy atom. The summed E-state index contributed by atoms with van der Waals surface area (Å²) in [6.45, 7) is 7.45. The van der Waals surface area contributed by atoms with E-state index in [9.17, 15) is 18.5 Å². The van der Waals surface area contributed by atoms with Gasteiger partial charge in [-0.3, -0.25) is 10.1 Å². The van der Waals surface area contributed by atoms with Gasteiger partial charge < -0.3 is 0 Å². The number of hydrogen-bond donors (Lipinski definition) is 1. The van der Waals surface area contributed by atoms with Gasteiger partial charge in [-0.2, -0.15) is 13.5 Å². The fraction of sp³-hybridized carbons (Fsp3) is 0.417. The average Bonchev–Trinajstić information content (AvgIpc) is 2.35. The third kappa shape index (κ3) is 4.02. The molecule has 0 atom stereocenters. The van der Waals surface area contributed by atoms with Crippen molar-refractivity contribution >= 4 is 21.4 Å². The van der Waals surface area contributed by atoms with Gasteiger partial charge in [0.05, 0.1) is 9.82 Å².